The van der Waals surface area contributed by atoms with Crippen LogP contribution in [0.1, 0.15) is 11.1 Å². The summed E-state index contributed by atoms with van der Waals surface area (Å²) >= 11 is 12.0. The number of benzene rings is 2. The molecule has 0 amide bonds. The molecule has 5 heteroatoms. The first kappa shape index (κ1) is 14.1. The van der Waals surface area contributed by atoms with Gasteiger partial charge in [-0.25, -0.2) is 4.39 Å². The Morgan fingerprint density at radius 3 is 2.37 bits per heavy atom. The summed E-state index contributed by atoms with van der Waals surface area (Å²) < 4.78 is 18.8. The van der Waals surface area contributed by atoms with Crippen molar-refractivity contribution in [2.45, 2.75) is 13.2 Å². The van der Waals surface area contributed by atoms with Gasteiger partial charge in [0, 0.05) is 6.54 Å². The van der Waals surface area contributed by atoms with Crippen LogP contribution in [0.5, 0.6) is 5.75 Å². The molecule has 0 saturated heterocycles. The van der Waals surface area contributed by atoms with Crippen LogP contribution in [0.2, 0.25) is 10.0 Å². The summed E-state index contributed by atoms with van der Waals surface area (Å²) in [7, 11) is 0. The van der Waals surface area contributed by atoms with E-state index in [1.54, 1.807) is 24.3 Å². The van der Waals surface area contributed by atoms with Gasteiger partial charge >= 0.3 is 0 Å². The van der Waals surface area contributed by atoms with Crippen molar-refractivity contribution < 1.29 is 9.13 Å². The Kier molecular flexibility index (Phi) is 4.64. The molecule has 2 rings (SSSR count). The van der Waals surface area contributed by atoms with Gasteiger partial charge in [-0.05, 0) is 35.4 Å². The maximum absolute atomic E-state index is 13.2. The summed E-state index contributed by atoms with van der Waals surface area (Å²) in [4.78, 5) is 0. The zero-order chi connectivity index (χ0) is 13.8. The first-order chi connectivity index (χ1) is 9.11. The molecule has 0 aliphatic carbocycles. The molecule has 0 aromatic heterocycles. The fourth-order valence-corrected chi connectivity index (χ4v) is 2.20. The minimum Gasteiger partial charge on any atom is -0.486 e. The summed E-state index contributed by atoms with van der Waals surface area (Å²) in [5, 5.41) is 0.830. The van der Waals surface area contributed by atoms with Gasteiger partial charge in [0.05, 0.1) is 10.0 Å². The van der Waals surface area contributed by atoms with Crippen LogP contribution in [-0.4, -0.2) is 0 Å². The monoisotopic (exact) mass is 299 g/mol. The Morgan fingerprint density at radius 2 is 1.74 bits per heavy atom. The van der Waals surface area contributed by atoms with E-state index in [1.807, 2.05) is 0 Å². The van der Waals surface area contributed by atoms with E-state index < -0.39 is 0 Å². The molecule has 0 heterocycles. The highest BCUT2D eigenvalue weighted by molar-refractivity contribution is 6.37. The summed E-state index contributed by atoms with van der Waals surface area (Å²) in [6, 6.07) is 9.49. The molecule has 2 nitrogen and oxygen atoms in total. The lowest BCUT2D eigenvalue weighted by atomic mass is 10.1. The topological polar surface area (TPSA) is 35.2 Å². The fraction of sp³-hybridized carbons (Fsp3) is 0.143. The Labute approximate surface area is 120 Å². The number of hydrogen-bond donors (Lipinski definition) is 1. The van der Waals surface area contributed by atoms with E-state index in [4.69, 9.17) is 33.7 Å². The summed E-state index contributed by atoms with van der Waals surface area (Å²) in [6.45, 7) is 0.475. The minimum atomic E-state index is -0.332. The number of hydrogen-bond acceptors (Lipinski definition) is 2. The van der Waals surface area contributed by atoms with Crippen molar-refractivity contribution in [1.29, 1.82) is 0 Å². The predicted octanol–water partition coefficient (Wildman–Crippen LogP) is 4.17. The van der Waals surface area contributed by atoms with Gasteiger partial charge in [-0.15, -0.1) is 0 Å². The molecule has 2 N–H and O–H groups in total. The third-order valence-electron chi connectivity index (χ3n) is 2.68. The summed E-state index contributed by atoms with van der Waals surface area (Å²) in [6.07, 6.45) is 0. The van der Waals surface area contributed by atoms with E-state index in [1.165, 1.54) is 12.1 Å². The van der Waals surface area contributed by atoms with Crippen molar-refractivity contribution in [3.8, 4) is 5.75 Å². The summed E-state index contributed by atoms with van der Waals surface area (Å²) in [5.74, 6) is 0.0547. The number of halogens is 3. The Bertz CT molecular complexity index is 569. The molecule has 0 unspecified atom stereocenters. The Hall–Kier alpha value is -1.29. The minimum absolute atomic E-state index is 0.160. The molecule has 0 fully saturated rings. The van der Waals surface area contributed by atoms with E-state index in [-0.39, 0.29) is 12.4 Å². The van der Waals surface area contributed by atoms with Crippen LogP contribution >= 0.6 is 23.2 Å². The quantitative estimate of drug-likeness (QED) is 0.919. The molecule has 0 atom stereocenters. The van der Waals surface area contributed by atoms with Crippen molar-refractivity contribution in [2.24, 2.45) is 5.73 Å². The van der Waals surface area contributed by atoms with Crippen molar-refractivity contribution in [3.63, 3.8) is 0 Å². The average Bonchev–Trinajstić information content (AvgIpc) is 2.38. The first-order valence-electron chi connectivity index (χ1n) is 5.66. The molecule has 0 aliphatic rings. The van der Waals surface area contributed by atoms with Crippen molar-refractivity contribution >= 4 is 23.2 Å². The fourth-order valence-electron chi connectivity index (χ4n) is 1.70. The van der Waals surface area contributed by atoms with Crippen LogP contribution in [-0.2, 0) is 13.2 Å². The van der Waals surface area contributed by atoms with Gasteiger partial charge < -0.3 is 10.5 Å². The third-order valence-corrected chi connectivity index (χ3v) is 3.27. The second-order valence-corrected chi connectivity index (χ2v) is 4.77. The Balaban J connectivity index is 2.21. The second kappa shape index (κ2) is 6.24. The van der Waals surface area contributed by atoms with E-state index >= 15 is 0 Å². The molecule has 0 aliphatic heterocycles. The number of para-hydroxylation sites is 1. The molecule has 2 aromatic carbocycles. The molecule has 0 saturated carbocycles. The molecular formula is C14H12Cl2FNO. The van der Waals surface area contributed by atoms with Gasteiger partial charge in [0.15, 0.2) is 5.75 Å². The smallest absolute Gasteiger partial charge is 0.156 e. The molecule has 2 aromatic rings. The zero-order valence-electron chi connectivity index (χ0n) is 10.00. The van der Waals surface area contributed by atoms with E-state index in [9.17, 15) is 4.39 Å². The largest absolute Gasteiger partial charge is 0.486 e. The van der Waals surface area contributed by atoms with Crippen molar-refractivity contribution in [3.05, 3.63) is 63.4 Å². The highest BCUT2D eigenvalue weighted by Crippen LogP contribution is 2.33. The standard InChI is InChI=1S/C14H12Cl2FNO/c15-12-2-1-3-13(16)14(12)19-8-10-6-11(17)5-4-9(10)7-18/h1-6H,7-8,18H2. The van der Waals surface area contributed by atoms with Gasteiger partial charge in [-0.3, -0.25) is 0 Å². The highest BCUT2D eigenvalue weighted by Gasteiger charge is 2.09. The molecule has 0 spiro atoms. The molecule has 0 bridgehead atoms. The predicted molar refractivity (Wildman–Crippen MR) is 75.1 cm³/mol. The maximum Gasteiger partial charge on any atom is 0.156 e. The SMILES string of the molecule is NCc1ccc(F)cc1COc1c(Cl)cccc1Cl. The molecule has 100 valence electrons. The second-order valence-electron chi connectivity index (χ2n) is 3.96. The maximum atomic E-state index is 13.2. The molecule has 0 radical (unpaired) electrons. The molecule has 19 heavy (non-hydrogen) atoms. The first-order valence-corrected chi connectivity index (χ1v) is 6.41. The van der Waals surface area contributed by atoms with Crippen molar-refractivity contribution in [2.75, 3.05) is 0 Å². The van der Waals surface area contributed by atoms with Gasteiger partial charge in [0.25, 0.3) is 0 Å². The number of ether oxygens (including phenoxy) is 1. The zero-order valence-corrected chi connectivity index (χ0v) is 11.5. The average molecular weight is 300 g/mol. The lowest BCUT2D eigenvalue weighted by molar-refractivity contribution is 0.304. The normalized spacial score (nSPS) is 10.5. The lowest BCUT2D eigenvalue weighted by Crippen LogP contribution is -2.05. The Morgan fingerprint density at radius 1 is 1.05 bits per heavy atom. The van der Waals surface area contributed by atoms with Crippen LogP contribution in [0.15, 0.2) is 36.4 Å². The van der Waals surface area contributed by atoms with Crippen molar-refractivity contribution in [1.82, 2.24) is 0 Å². The van der Waals surface area contributed by atoms with Gasteiger partial charge in [-0.2, -0.15) is 0 Å². The third kappa shape index (κ3) is 3.38. The molecular weight excluding hydrogens is 288 g/mol. The van der Waals surface area contributed by atoms with E-state index in [2.05, 4.69) is 0 Å². The van der Waals surface area contributed by atoms with Crippen LogP contribution in [0.4, 0.5) is 4.39 Å². The van der Waals surface area contributed by atoms with Gasteiger partial charge in [0.1, 0.15) is 12.4 Å². The highest BCUT2D eigenvalue weighted by atomic mass is 35.5. The summed E-state index contributed by atoms with van der Waals surface area (Å²) in [5.41, 5.74) is 7.10. The van der Waals surface area contributed by atoms with Gasteiger partial charge in [0.2, 0.25) is 0 Å². The van der Waals surface area contributed by atoms with Crippen LogP contribution in [0, 0.1) is 5.82 Å². The van der Waals surface area contributed by atoms with E-state index in [0.29, 0.717) is 27.9 Å². The van der Waals surface area contributed by atoms with Crippen LogP contribution in [0.3, 0.4) is 0 Å². The van der Waals surface area contributed by atoms with Crippen LogP contribution in [0.25, 0.3) is 0 Å². The van der Waals surface area contributed by atoms with Crippen LogP contribution < -0.4 is 10.5 Å². The van der Waals surface area contributed by atoms with Gasteiger partial charge in [-0.1, -0.05) is 35.3 Å². The number of rotatable bonds is 4. The van der Waals surface area contributed by atoms with E-state index in [0.717, 1.165) is 5.56 Å². The lowest BCUT2D eigenvalue weighted by Gasteiger charge is -2.12. The number of nitrogens with two attached hydrogens (primary N) is 1.